The van der Waals surface area contributed by atoms with E-state index in [0.717, 1.165) is 70.6 Å². The second-order valence-corrected chi connectivity index (χ2v) is 18.3. The van der Waals surface area contributed by atoms with Gasteiger partial charge in [0.05, 0.1) is 19.8 Å². The maximum atomic E-state index is 12.7. The lowest BCUT2D eigenvalue weighted by Gasteiger charge is -2.20. The SMILES string of the molecule is CC/C=C\C/C=C\C/C=C\C/C=C\CCCCCCC(=O)OC(COC(=O)CCCCCCCCCCCCC/C=C\CCCCCCCCCC)COP(=O)(O)OCC(O)CO. The van der Waals surface area contributed by atoms with Crippen LogP contribution in [0.4, 0.5) is 0 Å². The molecule has 3 unspecified atom stereocenters. The number of unbranched alkanes of at least 4 members (excludes halogenated alkanes) is 23. The molecule has 0 saturated carbocycles. The van der Waals surface area contributed by atoms with Crippen molar-refractivity contribution in [3.8, 4) is 0 Å². The fraction of sp³-hybridized carbons (Fsp3) is 0.769. The summed E-state index contributed by atoms with van der Waals surface area (Å²) in [5, 5.41) is 18.4. The van der Waals surface area contributed by atoms with Gasteiger partial charge >= 0.3 is 19.8 Å². The van der Waals surface area contributed by atoms with E-state index in [4.69, 9.17) is 23.6 Å². The number of phosphoric acid groups is 1. The normalized spacial score (nSPS) is 14.2. The maximum absolute atomic E-state index is 12.7. The van der Waals surface area contributed by atoms with E-state index in [-0.39, 0.29) is 19.4 Å². The number of hydrogen-bond donors (Lipinski definition) is 3. The van der Waals surface area contributed by atoms with Crippen LogP contribution in [0, 0.1) is 0 Å². The molecule has 0 aliphatic rings. The Kier molecular flexibility index (Phi) is 45.9. The minimum absolute atomic E-state index is 0.154. The predicted molar refractivity (Wildman–Crippen MR) is 260 cm³/mol. The Morgan fingerprint density at radius 1 is 0.492 bits per heavy atom. The highest BCUT2D eigenvalue weighted by Crippen LogP contribution is 2.43. The van der Waals surface area contributed by atoms with E-state index in [1.54, 1.807) is 0 Å². The Morgan fingerprint density at radius 2 is 0.873 bits per heavy atom. The number of aliphatic hydroxyl groups excluding tert-OH is 2. The number of aliphatic hydroxyl groups is 2. The van der Waals surface area contributed by atoms with Crippen LogP contribution >= 0.6 is 7.82 Å². The molecule has 0 aliphatic heterocycles. The highest BCUT2D eigenvalue weighted by molar-refractivity contribution is 7.47. The van der Waals surface area contributed by atoms with Crippen molar-refractivity contribution in [2.45, 2.75) is 232 Å². The van der Waals surface area contributed by atoms with Crippen molar-refractivity contribution in [1.82, 2.24) is 0 Å². The van der Waals surface area contributed by atoms with Crippen molar-refractivity contribution in [3.05, 3.63) is 60.8 Å². The van der Waals surface area contributed by atoms with Crippen molar-refractivity contribution in [3.63, 3.8) is 0 Å². The lowest BCUT2D eigenvalue weighted by atomic mass is 10.0. The van der Waals surface area contributed by atoms with Gasteiger partial charge in [-0.3, -0.25) is 18.6 Å². The van der Waals surface area contributed by atoms with Crippen molar-refractivity contribution >= 4 is 19.8 Å². The molecule has 0 aromatic rings. The van der Waals surface area contributed by atoms with Gasteiger partial charge in [0, 0.05) is 12.8 Å². The molecule has 0 amide bonds. The highest BCUT2D eigenvalue weighted by Gasteiger charge is 2.27. The lowest BCUT2D eigenvalue weighted by molar-refractivity contribution is -0.161. The quantitative estimate of drug-likeness (QED) is 0.0233. The van der Waals surface area contributed by atoms with E-state index >= 15 is 0 Å². The van der Waals surface area contributed by atoms with E-state index in [2.05, 4.69) is 74.6 Å². The summed E-state index contributed by atoms with van der Waals surface area (Å²) in [4.78, 5) is 35.1. The predicted octanol–water partition coefficient (Wildman–Crippen LogP) is 14.2. The molecule has 11 heteroatoms. The van der Waals surface area contributed by atoms with Crippen LogP contribution in [-0.4, -0.2) is 65.7 Å². The Hall–Kier alpha value is -2.33. The van der Waals surface area contributed by atoms with Crippen LogP contribution in [0.15, 0.2) is 60.8 Å². The first-order chi connectivity index (χ1) is 30.7. The third kappa shape index (κ3) is 47.5. The first-order valence-corrected chi connectivity index (χ1v) is 26.7. The number of phosphoric ester groups is 1. The average molecular weight is 909 g/mol. The molecule has 10 nitrogen and oxygen atoms in total. The van der Waals surface area contributed by atoms with Crippen molar-refractivity contribution < 1.29 is 47.8 Å². The number of rotatable bonds is 47. The molecule has 0 spiro atoms. The molecule has 0 bridgehead atoms. The Morgan fingerprint density at radius 3 is 1.33 bits per heavy atom. The largest absolute Gasteiger partial charge is 0.472 e. The van der Waals surface area contributed by atoms with Gasteiger partial charge in [-0.05, 0) is 77.0 Å². The third-order valence-electron chi connectivity index (χ3n) is 10.7. The minimum atomic E-state index is -4.63. The molecule has 63 heavy (non-hydrogen) atoms. The third-order valence-corrected chi connectivity index (χ3v) is 11.6. The van der Waals surface area contributed by atoms with Gasteiger partial charge < -0.3 is 24.6 Å². The molecule has 3 N–H and O–H groups in total. The number of carbonyl (C=O) groups excluding carboxylic acids is 2. The molecule has 0 radical (unpaired) electrons. The molecule has 3 atom stereocenters. The van der Waals surface area contributed by atoms with E-state index < -0.39 is 51.8 Å². The molecule has 0 aromatic carbocycles. The van der Waals surface area contributed by atoms with E-state index in [1.807, 2.05) is 0 Å². The molecular weight excluding hydrogens is 816 g/mol. The zero-order valence-electron chi connectivity index (χ0n) is 40.0. The molecule has 0 heterocycles. The van der Waals surface area contributed by atoms with Crippen molar-refractivity contribution in [1.29, 1.82) is 0 Å². The van der Waals surface area contributed by atoms with Crippen molar-refractivity contribution in [2.24, 2.45) is 0 Å². The average Bonchev–Trinajstić information content (AvgIpc) is 3.27. The van der Waals surface area contributed by atoms with Gasteiger partial charge in [0.2, 0.25) is 0 Å². The zero-order chi connectivity index (χ0) is 46.2. The molecule has 0 saturated heterocycles. The molecule has 0 fully saturated rings. The van der Waals surface area contributed by atoms with Crippen LogP contribution < -0.4 is 0 Å². The van der Waals surface area contributed by atoms with Gasteiger partial charge in [-0.1, -0.05) is 190 Å². The van der Waals surface area contributed by atoms with Crippen LogP contribution in [-0.2, 0) is 32.7 Å². The van der Waals surface area contributed by atoms with Gasteiger partial charge in [-0.2, -0.15) is 0 Å². The number of esters is 2. The van der Waals surface area contributed by atoms with Gasteiger partial charge in [0.25, 0.3) is 0 Å². The van der Waals surface area contributed by atoms with Gasteiger partial charge in [0.15, 0.2) is 6.10 Å². The summed E-state index contributed by atoms with van der Waals surface area (Å²) >= 11 is 0. The second-order valence-electron chi connectivity index (χ2n) is 16.8. The number of ether oxygens (including phenoxy) is 2. The maximum Gasteiger partial charge on any atom is 0.472 e. The van der Waals surface area contributed by atoms with Gasteiger partial charge in [0.1, 0.15) is 12.7 Å². The highest BCUT2D eigenvalue weighted by atomic mass is 31.2. The van der Waals surface area contributed by atoms with Gasteiger partial charge in [-0.15, -0.1) is 0 Å². The van der Waals surface area contributed by atoms with Crippen LogP contribution in [0.25, 0.3) is 0 Å². The fourth-order valence-electron chi connectivity index (χ4n) is 6.80. The number of carbonyl (C=O) groups is 2. The van der Waals surface area contributed by atoms with E-state index in [0.29, 0.717) is 12.8 Å². The van der Waals surface area contributed by atoms with Crippen LogP contribution in [0.3, 0.4) is 0 Å². The minimum Gasteiger partial charge on any atom is -0.462 e. The van der Waals surface area contributed by atoms with E-state index in [1.165, 1.54) is 109 Å². The van der Waals surface area contributed by atoms with Crippen molar-refractivity contribution in [2.75, 3.05) is 26.4 Å². The summed E-state index contributed by atoms with van der Waals surface area (Å²) in [5.74, 6) is -0.951. The zero-order valence-corrected chi connectivity index (χ0v) is 40.9. The Bertz CT molecular complexity index is 1230. The standard InChI is InChI=1S/C52H93O10P/c1-3-5-7-9-11-13-15-17-19-21-22-23-24-25-26-28-29-31-33-35-37-39-41-43-51(55)59-47-50(48-61-63(57,58)60-46-49(54)45-53)62-52(56)44-42-40-38-36-34-32-30-27-20-18-16-14-12-10-8-6-4-2/h6,8,12,14,18,20-22,30,32,49-50,53-54H,3-5,7,9-11,13,15-17,19,23-29,31,33-48H2,1-2H3,(H,57,58)/b8-6-,14-12-,20-18-,22-21-,32-30-. The Labute approximate surface area is 385 Å². The van der Waals surface area contributed by atoms with Gasteiger partial charge in [-0.25, -0.2) is 4.57 Å². The summed E-state index contributed by atoms with van der Waals surface area (Å²) in [6.45, 7) is 2.26. The topological polar surface area (TPSA) is 149 Å². The summed E-state index contributed by atoms with van der Waals surface area (Å²) in [7, 11) is -4.63. The molecule has 0 rings (SSSR count). The Balaban J connectivity index is 4.19. The molecule has 366 valence electrons. The smallest absolute Gasteiger partial charge is 0.462 e. The molecule has 0 aromatic heterocycles. The van der Waals surface area contributed by atoms with Crippen LogP contribution in [0.5, 0.6) is 0 Å². The van der Waals surface area contributed by atoms with Crippen LogP contribution in [0.2, 0.25) is 0 Å². The summed E-state index contributed by atoms with van der Waals surface area (Å²) in [5.41, 5.74) is 0. The second kappa shape index (κ2) is 47.6. The summed E-state index contributed by atoms with van der Waals surface area (Å²) in [6, 6.07) is 0. The molecular formula is C52H93O10P. The first-order valence-electron chi connectivity index (χ1n) is 25.2. The lowest BCUT2D eigenvalue weighted by Crippen LogP contribution is -2.29. The van der Waals surface area contributed by atoms with E-state index in [9.17, 15) is 24.2 Å². The molecule has 0 aliphatic carbocycles. The summed E-state index contributed by atoms with van der Waals surface area (Å²) in [6.07, 6.45) is 54.8. The van der Waals surface area contributed by atoms with Crippen LogP contribution in [0.1, 0.15) is 219 Å². The number of hydrogen-bond acceptors (Lipinski definition) is 9. The number of allylic oxidation sites excluding steroid dienone is 10. The first kappa shape index (κ1) is 60.7. The fourth-order valence-corrected chi connectivity index (χ4v) is 7.59. The monoisotopic (exact) mass is 909 g/mol. The summed E-state index contributed by atoms with van der Waals surface area (Å²) < 4.78 is 32.8.